The summed E-state index contributed by atoms with van der Waals surface area (Å²) >= 11 is 0. The molecule has 0 fully saturated rings. The topological polar surface area (TPSA) is 93.5 Å². The number of urea groups is 1. The minimum atomic E-state index is -0.533. The molecule has 3 rings (SSSR count). The molecule has 0 radical (unpaired) electrons. The van der Waals surface area contributed by atoms with Gasteiger partial charge >= 0.3 is 6.03 Å². The number of nitrogens with zero attached hydrogens (tertiary/aromatic N) is 2. The number of carbonyl (C=O) groups is 2. The summed E-state index contributed by atoms with van der Waals surface area (Å²) in [5.74, 6) is 1.09. The number of halogens is 1. The molecule has 2 aromatic carbocycles. The van der Waals surface area contributed by atoms with Crippen LogP contribution in [-0.4, -0.2) is 69.3 Å². The molecule has 0 atom stereocenters. The fraction of sp³-hybridized carbons (Fsp3) is 0.333. The van der Waals surface area contributed by atoms with Gasteiger partial charge in [-0.3, -0.25) is 4.79 Å². The van der Waals surface area contributed by atoms with Crippen LogP contribution < -0.4 is 14.8 Å². The number of nitrogens with one attached hydrogen (secondary N) is 1. The van der Waals surface area contributed by atoms with E-state index in [1.54, 1.807) is 43.6 Å². The Hall–Kier alpha value is -4.05. The highest BCUT2D eigenvalue weighted by Crippen LogP contribution is 2.27. The molecule has 1 N–H and O–H groups in total. The van der Waals surface area contributed by atoms with Crippen LogP contribution in [0.2, 0.25) is 0 Å². The Balaban J connectivity index is 1.73. The molecule has 0 saturated carbocycles. The lowest BCUT2D eigenvalue weighted by Gasteiger charge is -2.27. The van der Waals surface area contributed by atoms with Crippen LogP contribution in [-0.2, 0) is 22.5 Å². The molecule has 9 nitrogen and oxygen atoms in total. The Morgan fingerprint density at radius 2 is 1.76 bits per heavy atom. The van der Waals surface area contributed by atoms with E-state index in [1.165, 1.54) is 30.2 Å². The molecule has 3 aromatic rings. The number of amides is 3. The van der Waals surface area contributed by atoms with Gasteiger partial charge in [-0.05, 0) is 54.4 Å². The normalized spacial score (nSPS) is 10.6. The minimum Gasteiger partial charge on any atom is -0.493 e. The van der Waals surface area contributed by atoms with Crippen LogP contribution in [0.4, 0.5) is 14.9 Å². The summed E-state index contributed by atoms with van der Waals surface area (Å²) in [5.41, 5.74) is 1.25. The van der Waals surface area contributed by atoms with E-state index in [0.717, 1.165) is 5.56 Å². The summed E-state index contributed by atoms with van der Waals surface area (Å²) in [5, 5.41) is 2.64. The summed E-state index contributed by atoms with van der Waals surface area (Å²) in [6.45, 7) is 0.819. The molecular weight excluding hydrogens is 481 g/mol. The molecule has 198 valence electrons. The fourth-order valence-electron chi connectivity index (χ4n) is 3.67. The van der Waals surface area contributed by atoms with Gasteiger partial charge in [0.05, 0.1) is 33.6 Å². The van der Waals surface area contributed by atoms with Crippen LogP contribution in [0.1, 0.15) is 11.3 Å². The Morgan fingerprint density at radius 3 is 2.43 bits per heavy atom. The predicted octanol–water partition coefficient (Wildman–Crippen LogP) is 4.19. The van der Waals surface area contributed by atoms with Gasteiger partial charge in [0, 0.05) is 25.9 Å². The third-order valence-corrected chi connectivity index (χ3v) is 5.65. The number of benzene rings is 2. The molecule has 10 heteroatoms. The zero-order valence-corrected chi connectivity index (χ0v) is 21.2. The summed E-state index contributed by atoms with van der Waals surface area (Å²) in [4.78, 5) is 29.3. The summed E-state index contributed by atoms with van der Waals surface area (Å²) in [7, 11) is 4.65. The first kappa shape index (κ1) is 27.5. The molecule has 1 aromatic heterocycles. The summed E-state index contributed by atoms with van der Waals surface area (Å²) < 4.78 is 34.8. The number of ether oxygens (including phenoxy) is 3. The number of rotatable bonds is 13. The molecule has 0 bridgehead atoms. The van der Waals surface area contributed by atoms with Gasteiger partial charge < -0.3 is 33.7 Å². The molecule has 0 unspecified atom stereocenters. The van der Waals surface area contributed by atoms with Crippen molar-refractivity contribution in [3.05, 3.63) is 78.0 Å². The van der Waals surface area contributed by atoms with Gasteiger partial charge in [0.25, 0.3) is 0 Å². The van der Waals surface area contributed by atoms with E-state index in [0.29, 0.717) is 35.9 Å². The Morgan fingerprint density at radius 1 is 0.946 bits per heavy atom. The summed E-state index contributed by atoms with van der Waals surface area (Å²) in [6, 6.07) is 14.2. The van der Waals surface area contributed by atoms with Gasteiger partial charge in [0.2, 0.25) is 5.91 Å². The van der Waals surface area contributed by atoms with Crippen molar-refractivity contribution in [1.82, 2.24) is 9.80 Å². The first-order valence-electron chi connectivity index (χ1n) is 11.7. The number of carbonyl (C=O) groups excluding carboxylic acids is 2. The number of hydrogen-bond donors (Lipinski definition) is 1. The third kappa shape index (κ3) is 8.25. The lowest BCUT2D eigenvalue weighted by atomic mass is 10.1. The molecule has 0 saturated heterocycles. The number of anilines is 1. The molecule has 0 aliphatic carbocycles. The van der Waals surface area contributed by atoms with E-state index in [-0.39, 0.29) is 32.1 Å². The van der Waals surface area contributed by atoms with Crippen LogP contribution in [0, 0.1) is 5.82 Å². The minimum absolute atomic E-state index is 0.174. The molecule has 0 spiro atoms. The number of furan rings is 1. The SMILES string of the molecule is COCCN(CC(=O)N(CCc1ccc(OC)c(OC)c1)Cc1ccco1)C(=O)Nc1cccc(F)c1. The first-order valence-corrected chi connectivity index (χ1v) is 11.7. The number of hydrogen-bond acceptors (Lipinski definition) is 6. The van der Waals surface area contributed by atoms with Gasteiger partial charge in [-0.25, -0.2) is 9.18 Å². The van der Waals surface area contributed by atoms with Crippen molar-refractivity contribution >= 4 is 17.6 Å². The fourth-order valence-corrected chi connectivity index (χ4v) is 3.67. The lowest BCUT2D eigenvalue weighted by molar-refractivity contribution is -0.132. The van der Waals surface area contributed by atoms with Crippen LogP contribution in [0.5, 0.6) is 11.5 Å². The maximum absolute atomic E-state index is 13.6. The second-order valence-electron chi connectivity index (χ2n) is 8.19. The standard InChI is InChI=1S/C27H32FN3O6/c1-34-15-13-31(27(33)29-22-7-4-6-21(28)17-22)19-26(32)30(18-23-8-5-14-37-23)12-11-20-9-10-24(35-2)25(16-20)36-3/h4-10,14,16-17H,11-13,15,18-19H2,1-3H3,(H,29,33). The molecule has 37 heavy (non-hydrogen) atoms. The molecule has 3 amide bonds. The van der Waals surface area contributed by atoms with Crippen LogP contribution >= 0.6 is 0 Å². The van der Waals surface area contributed by atoms with E-state index in [4.69, 9.17) is 18.6 Å². The van der Waals surface area contributed by atoms with Crippen molar-refractivity contribution in [2.45, 2.75) is 13.0 Å². The highest BCUT2D eigenvalue weighted by Gasteiger charge is 2.22. The van der Waals surface area contributed by atoms with Crippen molar-refractivity contribution in [1.29, 1.82) is 0 Å². The zero-order chi connectivity index (χ0) is 26.6. The highest BCUT2D eigenvalue weighted by atomic mass is 19.1. The largest absolute Gasteiger partial charge is 0.493 e. The molecular formula is C27H32FN3O6. The van der Waals surface area contributed by atoms with E-state index < -0.39 is 11.8 Å². The van der Waals surface area contributed by atoms with Gasteiger partial charge in [-0.1, -0.05) is 12.1 Å². The van der Waals surface area contributed by atoms with Crippen LogP contribution in [0.3, 0.4) is 0 Å². The Labute approximate surface area is 215 Å². The van der Waals surface area contributed by atoms with Gasteiger partial charge in [-0.15, -0.1) is 0 Å². The maximum atomic E-state index is 13.6. The lowest BCUT2D eigenvalue weighted by Crippen LogP contribution is -2.46. The van der Waals surface area contributed by atoms with Crippen LogP contribution in [0.15, 0.2) is 65.3 Å². The van der Waals surface area contributed by atoms with E-state index in [9.17, 15) is 14.0 Å². The monoisotopic (exact) mass is 513 g/mol. The van der Waals surface area contributed by atoms with Crippen molar-refractivity contribution in [3.8, 4) is 11.5 Å². The molecule has 1 heterocycles. The quantitative estimate of drug-likeness (QED) is 0.369. The second kappa shape index (κ2) is 13.9. The first-order chi connectivity index (χ1) is 17.9. The van der Waals surface area contributed by atoms with Crippen molar-refractivity contribution in [3.63, 3.8) is 0 Å². The third-order valence-electron chi connectivity index (χ3n) is 5.65. The van der Waals surface area contributed by atoms with Gasteiger partial charge in [0.15, 0.2) is 11.5 Å². The van der Waals surface area contributed by atoms with E-state index in [2.05, 4.69) is 5.32 Å². The Kier molecular flexibility index (Phi) is 10.3. The van der Waals surface area contributed by atoms with Gasteiger partial charge in [-0.2, -0.15) is 0 Å². The average Bonchev–Trinajstić information content (AvgIpc) is 3.41. The van der Waals surface area contributed by atoms with Gasteiger partial charge in [0.1, 0.15) is 18.1 Å². The van der Waals surface area contributed by atoms with Crippen molar-refractivity contribution in [2.75, 3.05) is 52.9 Å². The smallest absolute Gasteiger partial charge is 0.322 e. The van der Waals surface area contributed by atoms with E-state index >= 15 is 0 Å². The summed E-state index contributed by atoms with van der Waals surface area (Å²) in [6.07, 6.45) is 2.09. The molecule has 0 aliphatic rings. The Bertz CT molecular complexity index is 1150. The van der Waals surface area contributed by atoms with E-state index in [1.807, 2.05) is 18.2 Å². The average molecular weight is 514 g/mol. The maximum Gasteiger partial charge on any atom is 0.322 e. The number of methoxy groups -OCH3 is 3. The van der Waals surface area contributed by atoms with Crippen LogP contribution in [0.25, 0.3) is 0 Å². The highest BCUT2D eigenvalue weighted by molar-refractivity contribution is 5.92. The predicted molar refractivity (Wildman–Crippen MR) is 136 cm³/mol. The second-order valence-corrected chi connectivity index (χ2v) is 8.19. The zero-order valence-electron chi connectivity index (χ0n) is 21.2. The van der Waals surface area contributed by atoms with Crippen molar-refractivity contribution < 1.29 is 32.6 Å². The van der Waals surface area contributed by atoms with Crippen molar-refractivity contribution in [2.24, 2.45) is 0 Å². The molecule has 0 aliphatic heterocycles.